The molecule has 0 N–H and O–H groups in total. The van der Waals surface area contributed by atoms with E-state index in [1.807, 2.05) is 0 Å². The Morgan fingerprint density at radius 3 is 2.24 bits per heavy atom. The van der Waals surface area contributed by atoms with Crippen molar-refractivity contribution in [1.82, 2.24) is 0 Å². The van der Waals surface area contributed by atoms with Crippen molar-refractivity contribution < 1.29 is 25.8 Å². The van der Waals surface area contributed by atoms with Crippen LogP contribution in [0.1, 0.15) is 12.5 Å². The van der Waals surface area contributed by atoms with Gasteiger partial charge in [0.2, 0.25) is 0 Å². The van der Waals surface area contributed by atoms with E-state index in [4.69, 9.17) is 0 Å². The molecule has 0 saturated carbocycles. The van der Waals surface area contributed by atoms with Crippen LogP contribution in [0.3, 0.4) is 0 Å². The lowest BCUT2D eigenvalue weighted by atomic mass is 10.1. The van der Waals surface area contributed by atoms with Gasteiger partial charge in [0.25, 0.3) is 0 Å². The van der Waals surface area contributed by atoms with Crippen molar-refractivity contribution >= 4 is 15.7 Å². The van der Waals surface area contributed by atoms with E-state index in [2.05, 4.69) is 4.18 Å². The number of benzene rings is 1. The molecule has 0 aromatic heterocycles. The first-order valence-corrected chi connectivity index (χ1v) is 5.86. The average molecular weight is 266 g/mol. The molecule has 7 heteroatoms. The largest absolute Gasteiger partial charge is 0.534 e. The third-order valence-electron chi connectivity index (χ3n) is 1.86. The molecule has 0 heterocycles. The summed E-state index contributed by atoms with van der Waals surface area (Å²) in [7, 11) is -5.58. The Balaban J connectivity index is 2.87. The van der Waals surface area contributed by atoms with E-state index in [-0.39, 0.29) is 5.57 Å². The van der Waals surface area contributed by atoms with E-state index in [1.54, 1.807) is 30.3 Å². The average Bonchev–Trinajstić information content (AvgIpc) is 2.25. The van der Waals surface area contributed by atoms with Crippen molar-refractivity contribution in [3.05, 3.63) is 42.2 Å². The second kappa shape index (κ2) is 4.79. The zero-order chi connectivity index (χ0) is 13.1. The zero-order valence-electron chi connectivity index (χ0n) is 8.73. The van der Waals surface area contributed by atoms with Crippen LogP contribution in [0.15, 0.2) is 36.6 Å². The van der Waals surface area contributed by atoms with Crippen LogP contribution in [0.25, 0.3) is 5.57 Å². The van der Waals surface area contributed by atoms with Gasteiger partial charge in [-0.15, -0.1) is 0 Å². The van der Waals surface area contributed by atoms with Crippen molar-refractivity contribution in [2.24, 2.45) is 0 Å². The summed E-state index contributed by atoms with van der Waals surface area (Å²) in [6.07, 6.45) is 0.568. The highest BCUT2D eigenvalue weighted by Gasteiger charge is 2.47. The first kappa shape index (κ1) is 13.6. The molecular weight excluding hydrogens is 257 g/mol. The second-order valence-electron chi connectivity index (χ2n) is 3.16. The lowest BCUT2D eigenvalue weighted by Gasteiger charge is -2.07. The molecule has 1 rings (SSSR count). The van der Waals surface area contributed by atoms with Gasteiger partial charge in [-0.05, 0) is 18.1 Å². The Morgan fingerprint density at radius 2 is 1.76 bits per heavy atom. The van der Waals surface area contributed by atoms with Gasteiger partial charge in [-0.2, -0.15) is 21.6 Å². The van der Waals surface area contributed by atoms with Gasteiger partial charge in [0.05, 0.1) is 0 Å². The molecule has 0 saturated heterocycles. The predicted octanol–water partition coefficient (Wildman–Crippen LogP) is 2.91. The van der Waals surface area contributed by atoms with Gasteiger partial charge < -0.3 is 4.18 Å². The summed E-state index contributed by atoms with van der Waals surface area (Å²) >= 11 is 0. The normalized spacial score (nSPS) is 13.5. The first-order chi connectivity index (χ1) is 7.74. The van der Waals surface area contributed by atoms with Crippen molar-refractivity contribution in [1.29, 1.82) is 0 Å². The van der Waals surface area contributed by atoms with Gasteiger partial charge in [-0.1, -0.05) is 30.3 Å². The van der Waals surface area contributed by atoms with E-state index >= 15 is 0 Å². The predicted molar refractivity (Wildman–Crippen MR) is 56.2 cm³/mol. The minimum Gasteiger partial charge on any atom is -0.384 e. The summed E-state index contributed by atoms with van der Waals surface area (Å²) in [4.78, 5) is 0. The van der Waals surface area contributed by atoms with Gasteiger partial charge in [0, 0.05) is 0 Å². The van der Waals surface area contributed by atoms with E-state index in [9.17, 15) is 21.6 Å². The first-order valence-electron chi connectivity index (χ1n) is 4.46. The number of hydrogen-bond acceptors (Lipinski definition) is 3. The molecule has 0 spiro atoms. The molecular formula is C10H9F3O3S. The molecule has 0 bridgehead atoms. The molecule has 0 atom stereocenters. The minimum absolute atomic E-state index is 0.276. The summed E-state index contributed by atoms with van der Waals surface area (Å²) in [5.74, 6) is 0. The molecule has 0 unspecified atom stereocenters. The SMILES string of the molecule is C/C(=C/OS(=O)(=O)C(F)(F)F)c1ccccc1. The Morgan fingerprint density at radius 1 is 1.24 bits per heavy atom. The summed E-state index contributed by atoms with van der Waals surface area (Å²) in [5.41, 5.74) is -4.57. The van der Waals surface area contributed by atoms with Crippen LogP contribution in [-0.2, 0) is 14.3 Å². The smallest absolute Gasteiger partial charge is 0.384 e. The second-order valence-corrected chi connectivity index (χ2v) is 4.73. The van der Waals surface area contributed by atoms with E-state index in [0.29, 0.717) is 11.8 Å². The minimum atomic E-state index is -5.58. The fourth-order valence-corrected chi connectivity index (χ4v) is 1.34. The zero-order valence-corrected chi connectivity index (χ0v) is 9.55. The highest BCUT2D eigenvalue weighted by molar-refractivity contribution is 7.87. The Labute approximate surface area is 96.6 Å². The Kier molecular flexibility index (Phi) is 3.82. The molecule has 0 aliphatic carbocycles. The quantitative estimate of drug-likeness (QED) is 0.480. The third kappa shape index (κ3) is 3.48. The lowest BCUT2D eigenvalue weighted by Crippen LogP contribution is -2.23. The van der Waals surface area contributed by atoms with Crippen LogP contribution < -0.4 is 0 Å². The monoisotopic (exact) mass is 266 g/mol. The summed E-state index contributed by atoms with van der Waals surface area (Å²) < 4.78 is 60.8. The summed E-state index contributed by atoms with van der Waals surface area (Å²) in [6.45, 7) is 1.45. The summed E-state index contributed by atoms with van der Waals surface area (Å²) in [6, 6.07) is 8.31. The fourth-order valence-electron chi connectivity index (χ4n) is 0.959. The number of hydrogen-bond donors (Lipinski definition) is 0. The van der Waals surface area contributed by atoms with Crippen LogP contribution in [-0.4, -0.2) is 13.9 Å². The molecule has 0 aliphatic heterocycles. The molecule has 94 valence electrons. The topological polar surface area (TPSA) is 43.4 Å². The number of halogens is 3. The van der Waals surface area contributed by atoms with Crippen molar-refractivity contribution in [3.8, 4) is 0 Å². The van der Waals surface area contributed by atoms with Gasteiger partial charge in [0.15, 0.2) is 0 Å². The number of allylic oxidation sites excluding steroid dienone is 1. The molecule has 0 amide bonds. The van der Waals surface area contributed by atoms with Crippen molar-refractivity contribution in [2.45, 2.75) is 12.4 Å². The molecule has 1 aromatic carbocycles. The van der Waals surface area contributed by atoms with E-state index in [0.717, 1.165) is 0 Å². The summed E-state index contributed by atoms with van der Waals surface area (Å²) in [5, 5.41) is 0. The van der Waals surface area contributed by atoms with Crippen LogP contribution >= 0.6 is 0 Å². The van der Waals surface area contributed by atoms with Crippen molar-refractivity contribution in [2.75, 3.05) is 0 Å². The molecule has 17 heavy (non-hydrogen) atoms. The van der Waals surface area contributed by atoms with Crippen LogP contribution in [0.2, 0.25) is 0 Å². The van der Waals surface area contributed by atoms with Crippen molar-refractivity contribution in [3.63, 3.8) is 0 Å². The maximum absolute atomic E-state index is 11.9. The lowest BCUT2D eigenvalue weighted by molar-refractivity contribution is -0.0514. The molecule has 0 fully saturated rings. The highest BCUT2D eigenvalue weighted by atomic mass is 32.2. The maximum atomic E-state index is 11.9. The van der Waals surface area contributed by atoms with E-state index in [1.165, 1.54) is 6.92 Å². The molecule has 0 aliphatic rings. The van der Waals surface area contributed by atoms with Gasteiger partial charge in [-0.3, -0.25) is 0 Å². The third-order valence-corrected chi connectivity index (χ3v) is 2.78. The van der Waals surface area contributed by atoms with Crippen LogP contribution in [0.4, 0.5) is 13.2 Å². The van der Waals surface area contributed by atoms with Crippen LogP contribution in [0, 0.1) is 0 Å². The van der Waals surface area contributed by atoms with Gasteiger partial charge in [-0.25, -0.2) is 0 Å². The van der Waals surface area contributed by atoms with Crippen LogP contribution in [0.5, 0.6) is 0 Å². The van der Waals surface area contributed by atoms with E-state index < -0.39 is 15.6 Å². The molecule has 0 radical (unpaired) electrons. The number of alkyl halides is 3. The highest BCUT2D eigenvalue weighted by Crippen LogP contribution is 2.25. The molecule has 3 nitrogen and oxygen atoms in total. The standard InChI is InChI=1S/C10H9F3O3S/c1-8(9-5-3-2-4-6-9)7-16-17(14,15)10(11,12)13/h2-7H,1H3/b8-7-. The molecule has 1 aromatic rings. The maximum Gasteiger partial charge on any atom is 0.534 e. The number of rotatable bonds is 3. The Hall–Kier alpha value is -1.50. The van der Waals surface area contributed by atoms with Gasteiger partial charge in [0.1, 0.15) is 6.26 Å². The fraction of sp³-hybridized carbons (Fsp3) is 0.200. The Bertz CT molecular complexity index is 503. The van der Waals surface area contributed by atoms with Gasteiger partial charge >= 0.3 is 15.6 Å².